The summed E-state index contributed by atoms with van der Waals surface area (Å²) in [5, 5.41) is 4.39. The summed E-state index contributed by atoms with van der Waals surface area (Å²) in [6.07, 6.45) is 0. The van der Waals surface area contributed by atoms with E-state index in [4.69, 9.17) is 20.9 Å². The first-order valence-corrected chi connectivity index (χ1v) is 6.69. The van der Waals surface area contributed by atoms with Crippen LogP contribution in [0.15, 0.2) is 59.1 Å². The molecule has 21 heavy (non-hydrogen) atoms. The Balaban J connectivity index is 1.74. The fourth-order valence-electron chi connectivity index (χ4n) is 1.88. The van der Waals surface area contributed by atoms with E-state index in [1.165, 1.54) is 6.07 Å². The third-order valence-electron chi connectivity index (χ3n) is 2.91. The maximum Gasteiger partial charge on any atom is 0.170 e. The van der Waals surface area contributed by atoms with E-state index in [0.29, 0.717) is 27.8 Å². The van der Waals surface area contributed by atoms with Crippen LogP contribution in [0.1, 0.15) is 5.69 Å². The van der Waals surface area contributed by atoms with Crippen LogP contribution in [0.3, 0.4) is 0 Å². The maximum absolute atomic E-state index is 13.7. The van der Waals surface area contributed by atoms with Gasteiger partial charge in [0.05, 0.1) is 10.6 Å². The van der Waals surface area contributed by atoms with Crippen LogP contribution < -0.4 is 4.74 Å². The highest BCUT2D eigenvalue weighted by Gasteiger charge is 2.11. The van der Waals surface area contributed by atoms with E-state index in [9.17, 15) is 4.39 Å². The standard InChI is InChI=1S/C16H11ClFNO2/c17-13-6-2-4-8-15(13)20-10-11-9-16(21-19-11)12-5-1-3-7-14(12)18/h1-9H,10H2. The summed E-state index contributed by atoms with van der Waals surface area (Å²) in [6, 6.07) is 15.2. The van der Waals surface area contributed by atoms with Gasteiger partial charge in [0.25, 0.3) is 0 Å². The first kappa shape index (κ1) is 13.6. The molecule has 3 nitrogen and oxygen atoms in total. The summed E-state index contributed by atoms with van der Waals surface area (Å²) in [4.78, 5) is 0. The van der Waals surface area contributed by atoms with Crippen molar-refractivity contribution in [2.75, 3.05) is 0 Å². The molecular formula is C16H11ClFNO2. The smallest absolute Gasteiger partial charge is 0.170 e. The lowest BCUT2D eigenvalue weighted by molar-refractivity contribution is 0.290. The molecule has 0 N–H and O–H groups in total. The van der Waals surface area contributed by atoms with Crippen LogP contribution in [0.4, 0.5) is 4.39 Å². The fraction of sp³-hybridized carbons (Fsp3) is 0.0625. The maximum atomic E-state index is 13.7. The molecule has 1 heterocycles. The number of ether oxygens (including phenoxy) is 1. The number of halogens is 2. The molecule has 3 rings (SSSR count). The van der Waals surface area contributed by atoms with Gasteiger partial charge in [0, 0.05) is 6.07 Å². The molecule has 0 unspecified atom stereocenters. The van der Waals surface area contributed by atoms with Crippen molar-refractivity contribution in [1.29, 1.82) is 0 Å². The molecule has 0 saturated heterocycles. The van der Waals surface area contributed by atoms with E-state index in [1.54, 1.807) is 36.4 Å². The fourth-order valence-corrected chi connectivity index (χ4v) is 2.07. The number of aromatic nitrogens is 1. The van der Waals surface area contributed by atoms with E-state index >= 15 is 0 Å². The Kier molecular flexibility index (Phi) is 3.88. The van der Waals surface area contributed by atoms with E-state index < -0.39 is 0 Å². The largest absolute Gasteiger partial charge is 0.486 e. The molecule has 106 valence electrons. The molecule has 0 radical (unpaired) electrons. The molecule has 5 heteroatoms. The zero-order chi connectivity index (χ0) is 14.7. The average Bonchev–Trinajstić information content (AvgIpc) is 2.96. The van der Waals surface area contributed by atoms with E-state index in [1.807, 2.05) is 12.1 Å². The summed E-state index contributed by atoms with van der Waals surface area (Å²) < 4.78 is 24.4. The predicted molar refractivity (Wildman–Crippen MR) is 77.7 cm³/mol. The molecule has 0 aliphatic rings. The number of para-hydroxylation sites is 1. The van der Waals surface area contributed by atoms with Gasteiger partial charge in [-0.15, -0.1) is 0 Å². The van der Waals surface area contributed by atoms with Crippen molar-refractivity contribution in [2.45, 2.75) is 6.61 Å². The van der Waals surface area contributed by atoms with Gasteiger partial charge in [-0.2, -0.15) is 0 Å². The topological polar surface area (TPSA) is 35.3 Å². The molecule has 0 spiro atoms. The van der Waals surface area contributed by atoms with Gasteiger partial charge in [-0.3, -0.25) is 0 Å². The van der Waals surface area contributed by atoms with Gasteiger partial charge in [0.15, 0.2) is 5.76 Å². The molecule has 0 aliphatic carbocycles. The second-order valence-corrected chi connectivity index (χ2v) is 4.79. The highest BCUT2D eigenvalue weighted by atomic mass is 35.5. The third kappa shape index (κ3) is 3.06. The minimum atomic E-state index is -0.354. The van der Waals surface area contributed by atoms with Crippen molar-refractivity contribution in [2.24, 2.45) is 0 Å². The molecule has 1 aromatic heterocycles. The van der Waals surface area contributed by atoms with Crippen molar-refractivity contribution >= 4 is 11.6 Å². The van der Waals surface area contributed by atoms with Crippen molar-refractivity contribution < 1.29 is 13.7 Å². The second kappa shape index (κ2) is 5.97. The van der Waals surface area contributed by atoms with Crippen molar-refractivity contribution in [3.05, 3.63) is 71.1 Å². The van der Waals surface area contributed by atoms with Gasteiger partial charge in [-0.05, 0) is 24.3 Å². The lowest BCUT2D eigenvalue weighted by Gasteiger charge is -2.04. The molecule has 3 aromatic rings. The monoisotopic (exact) mass is 303 g/mol. The van der Waals surface area contributed by atoms with Crippen LogP contribution in [0.25, 0.3) is 11.3 Å². The molecule has 0 saturated carbocycles. The Morgan fingerprint density at radius 1 is 1.10 bits per heavy atom. The Morgan fingerprint density at radius 3 is 2.67 bits per heavy atom. The number of hydrogen-bond donors (Lipinski definition) is 0. The molecule has 2 aromatic carbocycles. The minimum absolute atomic E-state index is 0.196. The SMILES string of the molecule is Fc1ccccc1-c1cc(COc2ccccc2Cl)no1. The van der Waals surface area contributed by atoms with Gasteiger partial charge in [0.2, 0.25) is 0 Å². The van der Waals surface area contributed by atoms with Crippen LogP contribution in [0.2, 0.25) is 5.02 Å². The van der Waals surface area contributed by atoms with Crippen LogP contribution in [0, 0.1) is 5.82 Å². The molecule has 0 atom stereocenters. The lowest BCUT2D eigenvalue weighted by atomic mass is 10.1. The summed E-state index contributed by atoms with van der Waals surface area (Å²) in [6.45, 7) is 0.196. The predicted octanol–water partition coefficient (Wildman–Crippen LogP) is 4.71. The average molecular weight is 304 g/mol. The van der Waals surface area contributed by atoms with Crippen LogP contribution in [-0.2, 0) is 6.61 Å². The minimum Gasteiger partial charge on any atom is -0.486 e. The second-order valence-electron chi connectivity index (χ2n) is 4.38. The Labute approximate surface area is 125 Å². The van der Waals surface area contributed by atoms with Gasteiger partial charge in [-0.1, -0.05) is 41.0 Å². The number of hydrogen-bond acceptors (Lipinski definition) is 3. The first-order chi connectivity index (χ1) is 10.2. The van der Waals surface area contributed by atoms with E-state index in [2.05, 4.69) is 5.16 Å². The van der Waals surface area contributed by atoms with E-state index in [-0.39, 0.29) is 12.4 Å². The Hall–Kier alpha value is -2.33. The van der Waals surface area contributed by atoms with Gasteiger partial charge in [0.1, 0.15) is 23.9 Å². The summed E-state index contributed by atoms with van der Waals surface area (Å²) >= 11 is 5.99. The van der Waals surface area contributed by atoms with Crippen molar-refractivity contribution in [3.63, 3.8) is 0 Å². The van der Waals surface area contributed by atoms with Crippen molar-refractivity contribution in [3.8, 4) is 17.1 Å². The molecular weight excluding hydrogens is 293 g/mol. The van der Waals surface area contributed by atoms with Crippen molar-refractivity contribution in [1.82, 2.24) is 5.16 Å². The number of benzene rings is 2. The molecule has 0 bridgehead atoms. The Bertz CT molecular complexity index is 757. The van der Waals surface area contributed by atoms with Crippen LogP contribution in [-0.4, -0.2) is 5.16 Å². The Morgan fingerprint density at radius 2 is 1.86 bits per heavy atom. The van der Waals surface area contributed by atoms with Crippen LogP contribution >= 0.6 is 11.6 Å². The zero-order valence-corrected chi connectivity index (χ0v) is 11.7. The van der Waals surface area contributed by atoms with Crippen LogP contribution in [0.5, 0.6) is 5.75 Å². The highest BCUT2D eigenvalue weighted by molar-refractivity contribution is 6.32. The summed E-state index contributed by atoms with van der Waals surface area (Å²) in [7, 11) is 0. The van der Waals surface area contributed by atoms with E-state index in [0.717, 1.165) is 0 Å². The zero-order valence-electron chi connectivity index (χ0n) is 10.9. The lowest BCUT2D eigenvalue weighted by Crippen LogP contribution is -1.95. The molecule has 0 fully saturated rings. The number of rotatable bonds is 4. The molecule has 0 aliphatic heterocycles. The third-order valence-corrected chi connectivity index (χ3v) is 3.22. The van der Waals surface area contributed by atoms with Gasteiger partial charge < -0.3 is 9.26 Å². The molecule has 0 amide bonds. The highest BCUT2D eigenvalue weighted by Crippen LogP contribution is 2.26. The first-order valence-electron chi connectivity index (χ1n) is 6.32. The summed E-state index contributed by atoms with van der Waals surface area (Å²) in [5.74, 6) is 0.577. The number of nitrogens with zero attached hydrogens (tertiary/aromatic N) is 1. The summed E-state index contributed by atoms with van der Waals surface area (Å²) in [5.41, 5.74) is 0.933. The normalized spacial score (nSPS) is 10.6. The van der Waals surface area contributed by atoms with Gasteiger partial charge in [-0.25, -0.2) is 4.39 Å². The quantitative estimate of drug-likeness (QED) is 0.700. The van der Waals surface area contributed by atoms with Gasteiger partial charge >= 0.3 is 0 Å².